The van der Waals surface area contributed by atoms with E-state index in [2.05, 4.69) is 45.7 Å². The predicted octanol–water partition coefficient (Wildman–Crippen LogP) is 3.36. The molecule has 2 amide bonds. The summed E-state index contributed by atoms with van der Waals surface area (Å²) in [6.45, 7) is 9.56. The second kappa shape index (κ2) is 8.91. The number of nitrogens with one attached hydrogen (secondary N) is 1. The molecule has 8 nitrogen and oxygen atoms in total. The Morgan fingerprint density at radius 2 is 1.83 bits per heavy atom. The zero-order valence-electron chi connectivity index (χ0n) is 16.9. The van der Waals surface area contributed by atoms with Crippen LogP contribution in [0.2, 0.25) is 0 Å². The molecular formula is C21H22N6O2S. The van der Waals surface area contributed by atoms with E-state index in [1.54, 1.807) is 25.5 Å². The van der Waals surface area contributed by atoms with Crippen LogP contribution < -0.4 is 11.1 Å². The van der Waals surface area contributed by atoms with E-state index < -0.39 is 11.8 Å². The van der Waals surface area contributed by atoms with Crippen molar-refractivity contribution in [1.82, 2.24) is 19.9 Å². The second-order valence-electron chi connectivity index (χ2n) is 7.07. The minimum atomic E-state index is -0.652. The molecule has 0 saturated carbocycles. The van der Waals surface area contributed by atoms with Crippen LogP contribution in [0.25, 0.3) is 16.8 Å². The Kier molecular flexibility index (Phi) is 6.31. The van der Waals surface area contributed by atoms with Crippen LogP contribution in [0.1, 0.15) is 48.7 Å². The summed E-state index contributed by atoms with van der Waals surface area (Å²) in [5.74, 6) is -0.899. The second-order valence-corrected chi connectivity index (χ2v) is 8.13. The lowest BCUT2D eigenvalue weighted by Gasteiger charge is -2.12. The van der Waals surface area contributed by atoms with E-state index >= 15 is 0 Å². The van der Waals surface area contributed by atoms with Crippen LogP contribution >= 0.6 is 11.3 Å². The monoisotopic (exact) mass is 422 g/mol. The Balaban J connectivity index is 1.76. The first-order valence-corrected chi connectivity index (χ1v) is 10.1. The first-order valence-electron chi connectivity index (χ1n) is 9.29. The van der Waals surface area contributed by atoms with E-state index in [0.29, 0.717) is 28.0 Å². The van der Waals surface area contributed by atoms with E-state index in [1.807, 2.05) is 6.07 Å². The number of thiazole rings is 1. The van der Waals surface area contributed by atoms with Gasteiger partial charge < -0.3 is 11.1 Å². The molecular weight excluding hydrogens is 400 g/mol. The standard InChI is InChI=1S/C21H22N6O2S/c1-11(2)18-10-26-21(30-18)27-20(29)12(3)14-5-15(7-23-6-14)17-9-24-16(8-25-17)13(4)19(22)28/h5-12H,4H2,1-3H3,(H2,22,28)(H,26,27,29). The van der Waals surface area contributed by atoms with Gasteiger partial charge in [-0.15, -0.1) is 11.3 Å². The van der Waals surface area contributed by atoms with Crippen molar-refractivity contribution in [2.75, 3.05) is 5.32 Å². The van der Waals surface area contributed by atoms with Crippen molar-refractivity contribution in [3.8, 4) is 11.3 Å². The first kappa shape index (κ1) is 21.3. The highest BCUT2D eigenvalue weighted by Gasteiger charge is 2.18. The summed E-state index contributed by atoms with van der Waals surface area (Å²) in [6, 6.07) is 1.84. The number of rotatable bonds is 7. The van der Waals surface area contributed by atoms with Crippen molar-refractivity contribution >= 4 is 33.9 Å². The summed E-state index contributed by atoms with van der Waals surface area (Å²) in [6.07, 6.45) is 8.01. The predicted molar refractivity (Wildman–Crippen MR) is 117 cm³/mol. The van der Waals surface area contributed by atoms with Crippen LogP contribution in [0.4, 0.5) is 5.13 Å². The Bertz CT molecular complexity index is 1090. The number of nitrogens with zero attached hydrogens (tertiary/aromatic N) is 4. The van der Waals surface area contributed by atoms with Crippen LogP contribution in [0.3, 0.4) is 0 Å². The van der Waals surface area contributed by atoms with Crippen LogP contribution in [-0.4, -0.2) is 31.8 Å². The van der Waals surface area contributed by atoms with E-state index in [4.69, 9.17) is 5.73 Å². The fraction of sp³-hybridized carbons (Fsp3) is 0.238. The molecule has 0 bridgehead atoms. The fourth-order valence-corrected chi connectivity index (χ4v) is 3.39. The summed E-state index contributed by atoms with van der Waals surface area (Å²) < 4.78 is 0. The number of hydrogen-bond donors (Lipinski definition) is 2. The lowest BCUT2D eigenvalue weighted by molar-refractivity contribution is -0.117. The van der Waals surface area contributed by atoms with E-state index in [0.717, 1.165) is 10.4 Å². The third-order valence-electron chi connectivity index (χ3n) is 4.53. The van der Waals surface area contributed by atoms with Crippen LogP contribution in [0, 0.1) is 0 Å². The van der Waals surface area contributed by atoms with Gasteiger partial charge in [-0.3, -0.25) is 24.5 Å². The van der Waals surface area contributed by atoms with Crippen molar-refractivity contribution in [2.24, 2.45) is 5.73 Å². The maximum atomic E-state index is 12.7. The molecule has 3 N–H and O–H groups in total. The molecule has 1 unspecified atom stereocenters. The van der Waals surface area contributed by atoms with Crippen molar-refractivity contribution in [2.45, 2.75) is 32.6 Å². The number of aromatic nitrogens is 4. The largest absolute Gasteiger partial charge is 0.366 e. The summed E-state index contributed by atoms with van der Waals surface area (Å²) in [5, 5.41) is 3.44. The topological polar surface area (TPSA) is 124 Å². The molecule has 0 spiro atoms. The number of carbonyl (C=O) groups excluding carboxylic acids is 2. The SMILES string of the molecule is C=C(C(N)=O)c1cnc(-c2cncc(C(C)C(=O)Nc3ncc(C(C)C)s3)c2)cn1. The average molecular weight is 423 g/mol. The average Bonchev–Trinajstić information content (AvgIpc) is 3.21. The number of hydrogen-bond acceptors (Lipinski definition) is 7. The van der Waals surface area contributed by atoms with Gasteiger partial charge in [0.25, 0.3) is 0 Å². The first-order chi connectivity index (χ1) is 14.3. The minimum absolute atomic E-state index is 0.0917. The molecule has 30 heavy (non-hydrogen) atoms. The molecule has 0 aliphatic carbocycles. The lowest BCUT2D eigenvalue weighted by atomic mass is 10.00. The molecule has 3 aromatic rings. The maximum absolute atomic E-state index is 12.7. The van der Waals surface area contributed by atoms with Crippen LogP contribution in [-0.2, 0) is 9.59 Å². The maximum Gasteiger partial charge on any atom is 0.250 e. The summed E-state index contributed by atoms with van der Waals surface area (Å²) in [7, 11) is 0. The van der Waals surface area contributed by atoms with E-state index in [9.17, 15) is 9.59 Å². The van der Waals surface area contributed by atoms with Gasteiger partial charge in [0, 0.05) is 29.0 Å². The molecule has 0 aliphatic rings. The molecule has 1 atom stereocenters. The molecule has 3 aromatic heterocycles. The van der Waals surface area contributed by atoms with Gasteiger partial charge in [0.1, 0.15) is 0 Å². The number of anilines is 1. The zero-order chi connectivity index (χ0) is 21.8. The number of nitrogens with two attached hydrogens (primary N) is 1. The molecule has 0 saturated heterocycles. The Hall–Kier alpha value is -3.46. The van der Waals surface area contributed by atoms with Crippen molar-refractivity contribution in [3.05, 3.63) is 59.8 Å². The lowest BCUT2D eigenvalue weighted by Crippen LogP contribution is -2.19. The summed E-state index contributed by atoms with van der Waals surface area (Å²) in [4.78, 5) is 42.0. The fourth-order valence-electron chi connectivity index (χ4n) is 2.57. The Morgan fingerprint density at radius 3 is 2.43 bits per heavy atom. The van der Waals surface area contributed by atoms with Crippen molar-refractivity contribution in [3.63, 3.8) is 0 Å². The number of pyridine rings is 1. The Morgan fingerprint density at radius 1 is 1.07 bits per heavy atom. The highest BCUT2D eigenvalue weighted by atomic mass is 32.1. The highest BCUT2D eigenvalue weighted by molar-refractivity contribution is 7.15. The highest BCUT2D eigenvalue weighted by Crippen LogP contribution is 2.27. The molecule has 3 rings (SSSR count). The summed E-state index contributed by atoms with van der Waals surface area (Å²) in [5.41, 5.74) is 7.61. The Labute approximate surface area is 178 Å². The summed E-state index contributed by atoms with van der Waals surface area (Å²) >= 11 is 1.47. The quantitative estimate of drug-likeness (QED) is 0.563. The molecule has 9 heteroatoms. The third kappa shape index (κ3) is 4.74. The minimum Gasteiger partial charge on any atom is -0.366 e. The van der Waals surface area contributed by atoms with Gasteiger partial charge in [0.05, 0.1) is 35.3 Å². The van der Waals surface area contributed by atoms with Gasteiger partial charge in [0.2, 0.25) is 11.8 Å². The van der Waals surface area contributed by atoms with Crippen molar-refractivity contribution < 1.29 is 9.59 Å². The van der Waals surface area contributed by atoms with Crippen molar-refractivity contribution in [1.29, 1.82) is 0 Å². The molecule has 0 radical (unpaired) electrons. The van der Waals surface area contributed by atoms with Crippen LogP contribution in [0.15, 0.2) is 43.6 Å². The van der Waals surface area contributed by atoms with Gasteiger partial charge in [-0.25, -0.2) is 4.98 Å². The van der Waals surface area contributed by atoms with Crippen LogP contribution in [0.5, 0.6) is 0 Å². The van der Waals surface area contributed by atoms with Gasteiger partial charge in [0.15, 0.2) is 5.13 Å². The van der Waals surface area contributed by atoms with Gasteiger partial charge in [-0.1, -0.05) is 20.4 Å². The number of amides is 2. The van der Waals surface area contributed by atoms with Gasteiger partial charge in [-0.05, 0) is 24.5 Å². The van der Waals surface area contributed by atoms with Gasteiger partial charge >= 0.3 is 0 Å². The zero-order valence-corrected chi connectivity index (χ0v) is 17.7. The van der Waals surface area contributed by atoms with E-state index in [-0.39, 0.29) is 11.5 Å². The molecule has 3 heterocycles. The molecule has 154 valence electrons. The third-order valence-corrected chi connectivity index (χ3v) is 5.74. The molecule has 0 aliphatic heterocycles. The molecule has 0 aromatic carbocycles. The number of carbonyl (C=O) groups is 2. The molecule has 0 fully saturated rings. The normalized spacial score (nSPS) is 11.9. The number of primary amides is 1. The smallest absolute Gasteiger partial charge is 0.250 e. The van der Waals surface area contributed by atoms with E-state index in [1.165, 1.54) is 23.7 Å². The van der Waals surface area contributed by atoms with Gasteiger partial charge in [-0.2, -0.15) is 0 Å².